The Labute approximate surface area is 99.2 Å². The normalized spacial score (nSPS) is 24.2. The zero-order valence-corrected chi connectivity index (χ0v) is 9.46. The summed E-state index contributed by atoms with van der Waals surface area (Å²) in [7, 11) is 0. The summed E-state index contributed by atoms with van der Waals surface area (Å²) in [5.74, 6) is -0.987. The molecule has 0 aliphatic carbocycles. The minimum Gasteiger partial charge on any atom is -0.376 e. The van der Waals surface area contributed by atoms with E-state index in [1.807, 2.05) is 30.3 Å². The van der Waals surface area contributed by atoms with Crippen molar-refractivity contribution in [3.8, 4) is 0 Å². The van der Waals surface area contributed by atoms with Gasteiger partial charge in [-0.25, -0.2) is 0 Å². The van der Waals surface area contributed by atoms with E-state index < -0.39 is 17.4 Å². The second-order valence-electron chi connectivity index (χ2n) is 4.20. The molecule has 1 aliphatic rings. The molecule has 1 aromatic rings. The summed E-state index contributed by atoms with van der Waals surface area (Å²) in [5.41, 5.74) is -0.747. The van der Waals surface area contributed by atoms with Crippen LogP contribution < -0.4 is 0 Å². The van der Waals surface area contributed by atoms with Crippen LogP contribution >= 0.6 is 0 Å². The van der Waals surface area contributed by atoms with Crippen LogP contribution in [0.4, 0.5) is 0 Å². The summed E-state index contributed by atoms with van der Waals surface area (Å²) in [5, 5.41) is 9.78. The van der Waals surface area contributed by atoms with E-state index in [2.05, 4.69) is 0 Å². The molecular weight excluding hydrogens is 218 g/mol. The Kier molecular flexibility index (Phi) is 2.81. The fraction of sp³-hybridized carbons (Fsp3) is 0.231. The fourth-order valence-electron chi connectivity index (χ4n) is 1.68. The number of benzene rings is 1. The number of carbonyl (C=O) groups is 2. The van der Waals surface area contributed by atoms with Gasteiger partial charge in [-0.1, -0.05) is 30.3 Å². The van der Waals surface area contributed by atoms with Gasteiger partial charge in [-0.15, -0.1) is 0 Å². The molecule has 1 aliphatic heterocycles. The molecule has 1 aromatic carbocycles. The molecule has 1 atom stereocenters. The lowest BCUT2D eigenvalue weighted by atomic mass is 10.00. The largest absolute Gasteiger partial charge is 0.376 e. The highest BCUT2D eigenvalue weighted by molar-refractivity contribution is 6.07. The Morgan fingerprint density at radius 3 is 2.53 bits per heavy atom. The smallest absolute Gasteiger partial charge is 0.265 e. The molecule has 0 saturated carbocycles. The van der Waals surface area contributed by atoms with Crippen LogP contribution in [0, 0.1) is 0 Å². The molecule has 4 nitrogen and oxygen atoms in total. The molecule has 0 radical (unpaired) electrons. The first kappa shape index (κ1) is 11.5. The van der Waals surface area contributed by atoms with Crippen molar-refractivity contribution in [3.05, 3.63) is 48.0 Å². The van der Waals surface area contributed by atoms with Gasteiger partial charge >= 0.3 is 0 Å². The van der Waals surface area contributed by atoms with Gasteiger partial charge in [0.15, 0.2) is 5.60 Å². The summed E-state index contributed by atoms with van der Waals surface area (Å²) in [4.78, 5) is 24.5. The van der Waals surface area contributed by atoms with Gasteiger partial charge in [-0.05, 0) is 18.6 Å². The molecule has 0 fully saturated rings. The summed E-state index contributed by atoms with van der Waals surface area (Å²) in [6, 6.07) is 9.19. The lowest BCUT2D eigenvalue weighted by Crippen LogP contribution is -2.50. The first-order chi connectivity index (χ1) is 8.00. The van der Waals surface area contributed by atoms with Gasteiger partial charge in [0, 0.05) is 6.08 Å². The van der Waals surface area contributed by atoms with Gasteiger partial charge in [-0.3, -0.25) is 14.5 Å². The van der Waals surface area contributed by atoms with E-state index >= 15 is 0 Å². The molecule has 17 heavy (non-hydrogen) atoms. The van der Waals surface area contributed by atoms with E-state index in [0.717, 1.165) is 10.5 Å². The van der Waals surface area contributed by atoms with E-state index in [9.17, 15) is 14.7 Å². The van der Waals surface area contributed by atoms with Crippen molar-refractivity contribution < 1.29 is 14.7 Å². The highest BCUT2D eigenvalue weighted by atomic mass is 16.3. The first-order valence-corrected chi connectivity index (χ1v) is 5.32. The van der Waals surface area contributed by atoms with E-state index in [1.54, 1.807) is 0 Å². The van der Waals surface area contributed by atoms with E-state index in [-0.39, 0.29) is 6.54 Å². The Morgan fingerprint density at radius 2 is 1.88 bits per heavy atom. The minimum absolute atomic E-state index is 0.180. The molecule has 1 N–H and O–H groups in total. The molecule has 1 heterocycles. The summed E-state index contributed by atoms with van der Waals surface area (Å²) >= 11 is 0. The third kappa shape index (κ3) is 2.26. The van der Waals surface area contributed by atoms with Crippen molar-refractivity contribution in [1.82, 2.24) is 4.90 Å². The number of amides is 2. The molecule has 88 valence electrons. The van der Waals surface area contributed by atoms with Crippen LogP contribution in [0.1, 0.15) is 12.5 Å². The van der Waals surface area contributed by atoms with Crippen molar-refractivity contribution in [3.63, 3.8) is 0 Å². The van der Waals surface area contributed by atoms with Gasteiger partial charge in [-0.2, -0.15) is 0 Å². The number of hydrogen-bond acceptors (Lipinski definition) is 3. The van der Waals surface area contributed by atoms with Crippen molar-refractivity contribution in [2.45, 2.75) is 19.1 Å². The zero-order chi connectivity index (χ0) is 12.5. The Hall–Kier alpha value is -1.94. The molecule has 0 bridgehead atoms. The molecular formula is C13H13NO3. The number of carbonyl (C=O) groups excluding carboxylic acids is 2. The molecule has 0 spiro atoms. The summed E-state index contributed by atoms with van der Waals surface area (Å²) in [6.45, 7) is 1.55. The minimum atomic E-state index is -1.59. The van der Waals surface area contributed by atoms with Crippen LogP contribution in [0.15, 0.2) is 42.5 Å². The summed E-state index contributed by atoms with van der Waals surface area (Å²) in [6.07, 6.45) is 2.45. The van der Waals surface area contributed by atoms with Crippen LogP contribution in [0.3, 0.4) is 0 Å². The van der Waals surface area contributed by atoms with Crippen LogP contribution in [0.2, 0.25) is 0 Å². The zero-order valence-electron chi connectivity index (χ0n) is 9.46. The predicted molar refractivity (Wildman–Crippen MR) is 61.8 cm³/mol. The average molecular weight is 231 g/mol. The van der Waals surface area contributed by atoms with E-state index in [1.165, 1.54) is 19.1 Å². The second kappa shape index (κ2) is 4.14. The first-order valence-electron chi connectivity index (χ1n) is 5.32. The molecule has 2 rings (SSSR count). The standard InChI is InChI=1S/C13H13NO3/c1-13(17)8-7-11(15)14(12(13)16)9-10-5-3-2-4-6-10/h2-8,17H,9H2,1H3. The fourth-order valence-corrected chi connectivity index (χ4v) is 1.68. The van der Waals surface area contributed by atoms with Crippen molar-refractivity contribution >= 4 is 11.8 Å². The molecule has 4 heteroatoms. The monoisotopic (exact) mass is 231 g/mol. The number of nitrogens with zero attached hydrogens (tertiary/aromatic N) is 1. The van der Waals surface area contributed by atoms with Crippen molar-refractivity contribution in [2.24, 2.45) is 0 Å². The molecule has 0 aromatic heterocycles. The average Bonchev–Trinajstić information content (AvgIpc) is 2.32. The van der Waals surface area contributed by atoms with Crippen LogP contribution in [0.5, 0.6) is 0 Å². The van der Waals surface area contributed by atoms with Crippen LogP contribution in [-0.2, 0) is 16.1 Å². The third-order valence-electron chi connectivity index (χ3n) is 2.68. The lowest BCUT2D eigenvalue weighted by molar-refractivity contribution is -0.154. The Balaban J connectivity index is 2.24. The Bertz CT molecular complexity index is 477. The highest BCUT2D eigenvalue weighted by Crippen LogP contribution is 2.18. The second-order valence-corrected chi connectivity index (χ2v) is 4.20. The maximum Gasteiger partial charge on any atom is 0.265 e. The topological polar surface area (TPSA) is 57.6 Å². The number of hydrogen-bond donors (Lipinski definition) is 1. The van der Waals surface area contributed by atoms with Gasteiger partial charge in [0.25, 0.3) is 11.8 Å². The molecule has 2 amide bonds. The van der Waals surface area contributed by atoms with E-state index in [0.29, 0.717) is 0 Å². The van der Waals surface area contributed by atoms with Gasteiger partial charge < -0.3 is 5.11 Å². The molecule has 0 saturated heterocycles. The van der Waals surface area contributed by atoms with Crippen molar-refractivity contribution in [2.75, 3.05) is 0 Å². The number of aliphatic hydroxyl groups is 1. The van der Waals surface area contributed by atoms with E-state index in [4.69, 9.17) is 0 Å². The third-order valence-corrected chi connectivity index (χ3v) is 2.68. The SMILES string of the molecule is CC1(O)C=CC(=O)N(Cc2ccccc2)C1=O. The summed E-state index contributed by atoms with van der Waals surface area (Å²) < 4.78 is 0. The molecule has 1 unspecified atom stereocenters. The highest BCUT2D eigenvalue weighted by Gasteiger charge is 2.38. The van der Waals surface area contributed by atoms with Gasteiger partial charge in [0.05, 0.1) is 6.54 Å². The van der Waals surface area contributed by atoms with Crippen molar-refractivity contribution in [1.29, 1.82) is 0 Å². The van der Waals surface area contributed by atoms with Crippen LogP contribution in [0.25, 0.3) is 0 Å². The predicted octanol–water partition coefficient (Wildman–Crippen LogP) is 0.863. The Morgan fingerprint density at radius 1 is 1.24 bits per heavy atom. The quantitative estimate of drug-likeness (QED) is 0.768. The van der Waals surface area contributed by atoms with Gasteiger partial charge in [0.1, 0.15) is 0 Å². The maximum atomic E-state index is 11.9. The van der Waals surface area contributed by atoms with Gasteiger partial charge in [0.2, 0.25) is 0 Å². The lowest BCUT2D eigenvalue weighted by Gasteiger charge is -2.30. The van der Waals surface area contributed by atoms with Crippen LogP contribution in [-0.4, -0.2) is 27.4 Å². The maximum absolute atomic E-state index is 11.9. The number of rotatable bonds is 2. The number of imide groups is 1.